The molecule has 3 nitrogen and oxygen atoms in total. The van der Waals surface area contributed by atoms with E-state index >= 15 is 0 Å². The van der Waals surface area contributed by atoms with Crippen LogP contribution in [0.2, 0.25) is 0 Å². The molecule has 0 heterocycles. The summed E-state index contributed by atoms with van der Waals surface area (Å²) in [7, 11) is 0. The maximum absolute atomic E-state index is 12.9. The van der Waals surface area contributed by atoms with Gasteiger partial charge in [0.25, 0.3) is 0 Å². The summed E-state index contributed by atoms with van der Waals surface area (Å²) in [5.41, 5.74) is 7.94. The number of carbonyl (C=O) groups excluding carboxylic acids is 1. The van der Waals surface area contributed by atoms with E-state index in [2.05, 4.69) is 21.2 Å². The lowest BCUT2D eigenvalue weighted by molar-refractivity contribution is -0.116. The van der Waals surface area contributed by atoms with Crippen molar-refractivity contribution in [3.05, 3.63) is 58.3 Å². The van der Waals surface area contributed by atoms with Crippen molar-refractivity contribution in [3.8, 4) is 0 Å². The Bertz CT molecular complexity index is 631. The number of halogens is 2. The van der Waals surface area contributed by atoms with Gasteiger partial charge in [-0.25, -0.2) is 4.39 Å². The standard InChI is InChI=1S/C15H14BrFN2O/c16-13-9-11(17)5-6-14(13)19-15(20)7-4-10-2-1-3-12(18)8-10/h1-3,5-6,8-9H,4,7,18H2,(H,19,20). The van der Waals surface area contributed by atoms with Crippen LogP contribution in [0.4, 0.5) is 15.8 Å². The number of amides is 1. The fraction of sp³-hybridized carbons (Fsp3) is 0.133. The summed E-state index contributed by atoms with van der Waals surface area (Å²) in [6.07, 6.45) is 0.947. The minimum Gasteiger partial charge on any atom is -0.399 e. The molecule has 1 amide bonds. The molecular formula is C15H14BrFN2O. The van der Waals surface area contributed by atoms with E-state index in [-0.39, 0.29) is 11.7 Å². The molecule has 20 heavy (non-hydrogen) atoms. The summed E-state index contributed by atoms with van der Waals surface area (Å²) >= 11 is 3.21. The van der Waals surface area contributed by atoms with Crippen LogP contribution in [-0.2, 0) is 11.2 Å². The molecule has 0 saturated carbocycles. The lowest BCUT2D eigenvalue weighted by atomic mass is 10.1. The van der Waals surface area contributed by atoms with Gasteiger partial charge in [-0.1, -0.05) is 12.1 Å². The van der Waals surface area contributed by atoms with Gasteiger partial charge in [0.05, 0.1) is 5.69 Å². The van der Waals surface area contributed by atoms with Gasteiger partial charge < -0.3 is 11.1 Å². The number of carbonyl (C=O) groups is 1. The van der Waals surface area contributed by atoms with Gasteiger partial charge in [-0.05, 0) is 58.2 Å². The molecule has 0 saturated heterocycles. The lowest BCUT2D eigenvalue weighted by Crippen LogP contribution is -2.12. The first-order valence-corrected chi connectivity index (χ1v) is 6.93. The summed E-state index contributed by atoms with van der Waals surface area (Å²) < 4.78 is 13.5. The molecule has 0 radical (unpaired) electrons. The van der Waals surface area contributed by atoms with E-state index in [0.29, 0.717) is 28.7 Å². The summed E-state index contributed by atoms with van der Waals surface area (Å²) in [6.45, 7) is 0. The number of hydrogen-bond acceptors (Lipinski definition) is 2. The molecule has 0 aliphatic heterocycles. The van der Waals surface area contributed by atoms with Crippen LogP contribution in [0.5, 0.6) is 0 Å². The molecule has 0 aliphatic rings. The van der Waals surface area contributed by atoms with Crippen LogP contribution in [0.15, 0.2) is 46.9 Å². The van der Waals surface area contributed by atoms with E-state index in [0.717, 1.165) is 5.56 Å². The third kappa shape index (κ3) is 4.06. The topological polar surface area (TPSA) is 55.1 Å². The summed E-state index contributed by atoms with van der Waals surface area (Å²) in [5, 5.41) is 2.74. The SMILES string of the molecule is Nc1cccc(CCC(=O)Nc2ccc(F)cc2Br)c1. The van der Waals surface area contributed by atoms with Crippen molar-refractivity contribution >= 4 is 33.2 Å². The van der Waals surface area contributed by atoms with E-state index in [1.165, 1.54) is 18.2 Å². The number of rotatable bonds is 4. The second kappa shape index (κ2) is 6.52. The zero-order valence-corrected chi connectivity index (χ0v) is 12.3. The van der Waals surface area contributed by atoms with Gasteiger partial charge in [0.2, 0.25) is 5.91 Å². The second-order valence-corrected chi connectivity index (χ2v) is 5.27. The molecule has 5 heteroatoms. The van der Waals surface area contributed by atoms with Gasteiger partial charge in [0, 0.05) is 16.6 Å². The Morgan fingerprint density at radius 3 is 2.75 bits per heavy atom. The van der Waals surface area contributed by atoms with E-state index in [4.69, 9.17) is 5.73 Å². The summed E-state index contributed by atoms with van der Waals surface area (Å²) in [4.78, 5) is 11.9. The first kappa shape index (κ1) is 14.5. The minimum atomic E-state index is -0.352. The Hall–Kier alpha value is -1.88. The molecule has 0 atom stereocenters. The molecule has 2 aromatic rings. The van der Waals surface area contributed by atoms with Crippen LogP contribution >= 0.6 is 15.9 Å². The average molecular weight is 337 g/mol. The first-order valence-electron chi connectivity index (χ1n) is 6.14. The lowest BCUT2D eigenvalue weighted by Gasteiger charge is -2.07. The largest absolute Gasteiger partial charge is 0.399 e. The highest BCUT2D eigenvalue weighted by Gasteiger charge is 2.07. The maximum Gasteiger partial charge on any atom is 0.224 e. The first-order chi connectivity index (χ1) is 9.54. The Labute approximate surface area is 125 Å². The van der Waals surface area contributed by atoms with Crippen LogP contribution in [0.25, 0.3) is 0 Å². The highest BCUT2D eigenvalue weighted by Crippen LogP contribution is 2.23. The second-order valence-electron chi connectivity index (χ2n) is 4.42. The van der Waals surface area contributed by atoms with Gasteiger partial charge in [-0.15, -0.1) is 0 Å². The number of nitrogens with one attached hydrogen (secondary N) is 1. The molecule has 0 aromatic heterocycles. The summed E-state index contributed by atoms with van der Waals surface area (Å²) in [6, 6.07) is 11.6. The van der Waals surface area contributed by atoms with Crippen molar-refractivity contribution in [2.75, 3.05) is 11.1 Å². The number of anilines is 2. The molecule has 2 rings (SSSR count). The van der Waals surface area contributed by atoms with Crippen LogP contribution in [0, 0.1) is 5.82 Å². The normalized spacial score (nSPS) is 10.3. The van der Waals surface area contributed by atoms with E-state index in [1.54, 1.807) is 6.07 Å². The van der Waals surface area contributed by atoms with E-state index < -0.39 is 0 Å². The number of aryl methyl sites for hydroxylation is 1. The highest BCUT2D eigenvalue weighted by atomic mass is 79.9. The third-order valence-corrected chi connectivity index (χ3v) is 3.45. The Morgan fingerprint density at radius 2 is 2.05 bits per heavy atom. The molecule has 0 fully saturated rings. The van der Waals surface area contributed by atoms with Crippen molar-refractivity contribution in [3.63, 3.8) is 0 Å². The predicted octanol–water partition coefficient (Wildman–Crippen LogP) is 3.74. The summed E-state index contributed by atoms with van der Waals surface area (Å²) in [5.74, 6) is -0.477. The molecule has 0 unspecified atom stereocenters. The molecule has 0 aliphatic carbocycles. The maximum atomic E-state index is 12.9. The highest BCUT2D eigenvalue weighted by molar-refractivity contribution is 9.10. The molecule has 0 spiro atoms. The molecular weight excluding hydrogens is 323 g/mol. The van der Waals surface area contributed by atoms with E-state index in [1.807, 2.05) is 18.2 Å². The minimum absolute atomic E-state index is 0.125. The van der Waals surface area contributed by atoms with Crippen molar-refractivity contribution in [2.45, 2.75) is 12.8 Å². The predicted molar refractivity (Wildman–Crippen MR) is 81.9 cm³/mol. The van der Waals surface area contributed by atoms with Gasteiger partial charge in [-0.2, -0.15) is 0 Å². The molecule has 3 N–H and O–H groups in total. The van der Waals surface area contributed by atoms with Crippen LogP contribution in [0.1, 0.15) is 12.0 Å². The van der Waals surface area contributed by atoms with Crippen LogP contribution < -0.4 is 11.1 Å². The van der Waals surface area contributed by atoms with Crippen LogP contribution in [0.3, 0.4) is 0 Å². The Kier molecular flexibility index (Phi) is 4.74. The monoisotopic (exact) mass is 336 g/mol. The average Bonchev–Trinajstić information content (AvgIpc) is 2.40. The van der Waals surface area contributed by atoms with E-state index in [9.17, 15) is 9.18 Å². The molecule has 2 aromatic carbocycles. The van der Waals surface area contributed by atoms with Crippen LogP contribution in [-0.4, -0.2) is 5.91 Å². The Balaban J connectivity index is 1.92. The number of nitrogens with two attached hydrogens (primary N) is 1. The van der Waals surface area contributed by atoms with Gasteiger partial charge in [-0.3, -0.25) is 4.79 Å². The van der Waals surface area contributed by atoms with Crippen molar-refractivity contribution in [2.24, 2.45) is 0 Å². The van der Waals surface area contributed by atoms with Gasteiger partial charge in [0.15, 0.2) is 0 Å². The zero-order chi connectivity index (χ0) is 14.5. The fourth-order valence-electron chi connectivity index (χ4n) is 1.81. The Morgan fingerprint density at radius 1 is 1.25 bits per heavy atom. The van der Waals surface area contributed by atoms with Gasteiger partial charge >= 0.3 is 0 Å². The zero-order valence-electron chi connectivity index (χ0n) is 10.7. The smallest absolute Gasteiger partial charge is 0.224 e. The number of nitrogen functional groups attached to an aromatic ring is 1. The van der Waals surface area contributed by atoms with Crippen molar-refractivity contribution in [1.82, 2.24) is 0 Å². The number of benzene rings is 2. The van der Waals surface area contributed by atoms with Crippen molar-refractivity contribution in [1.29, 1.82) is 0 Å². The molecule has 104 valence electrons. The quantitative estimate of drug-likeness (QED) is 0.835. The van der Waals surface area contributed by atoms with Crippen molar-refractivity contribution < 1.29 is 9.18 Å². The molecule has 0 bridgehead atoms. The van der Waals surface area contributed by atoms with Gasteiger partial charge in [0.1, 0.15) is 5.82 Å². The third-order valence-electron chi connectivity index (χ3n) is 2.80. The number of hydrogen-bond donors (Lipinski definition) is 2. The fourth-order valence-corrected chi connectivity index (χ4v) is 2.26.